The molecule has 0 aromatic heterocycles. The van der Waals surface area contributed by atoms with Crippen LogP contribution in [0.3, 0.4) is 0 Å². The number of ether oxygens (including phenoxy) is 1. The number of carbonyl (C=O) groups is 1. The average molecular weight is 494 g/mol. The van der Waals surface area contributed by atoms with Crippen molar-refractivity contribution in [2.24, 2.45) is 10.9 Å². The Morgan fingerprint density at radius 1 is 1.22 bits per heavy atom. The van der Waals surface area contributed by atoms with Crippen molar-refractivity contribution in [1.82, 2.24) is 15.1 Å². The number of halogens is 1. The van der Waals surface area contributed by atoms with E-state index in [2.05, 4.69) is 29.1 Å². The Bertz CT molecular complexity index is 459. The van der Waals surface area contributed by atoms with Gasteiger partial charge in [-0.3, -0.25) is 4.79 Å². The standard InChI is InChI=1S/C20H38N4O2.HI/c1-5-16(2)22-20(21-14-19(25)23(3)4)24-12-10-18(11-13-24)26-15-17-8-6-7-9-17;/h16-18H,5-15H2,1-4H3,(H,21,22);1H. The van der Waals surface area contributed by atoms with Crippen molar-refractivity contribution in [1.29, 1.82) is 0 Å². The van der Waals surface area contributed by atoms with Crippen LogP contribution >= 0.6 is 24.0 Å². The summed E-state index contributed by atoms with van der Waals surface area (Å²) in [5.74, 6) is 1.68. The minimum absolute atomic E-state index is 0. The zero-order valence-electron chi connectivity index (χ0n) is 17.6. The molecule has 0 bridgehead atoms. The summed E-state index contributed by atoms with van der Waals surface area (Å²) in [6, 6.07) is 0.347. The van der Waals surface area contributed by atoms with E-state index in [0.717, 1.165) is 50.8 Å². The number of nitrogens with one attached hydrogen (secondary N) is 1. The molecule has 1 saturated heterocycles. The van der Waals surface area contributed by atoms with Crippen LogP contribution in [-0.4, -0.2) is 74.1 Å². The Balaban J connectivity index is 0.00000364. The summed E-state index contributed by atoms with van der Waals surface area (Å²) >= 11 is 0. The zero-order chi connectivity index (χ0) is 18.9. The van der Waals surface area contributed by atoms with Crippen molar-refractivity contribution in [2.45, 2.75) is 70.9 Å². The Hall–Kier alpha value is -0.570. The third-order valence-electron chi connectivity index (χ3n) is 5.63. The molecular formula is C20H39IN4O2. The van der Waals surface area contributed by atoms with Gasteiger partial charge in [0.25, 0.3) is 0 Å². The second-order valence-electron chi connectivity index (χ2n) is 8.05. The van der Waals surface area contributed by atoms with Gasteiger partial charge in [-0.25, -0.2) is 4.99 Å². The molecule has 0 spiro atoms. The third-order valence-corrected chi connectivity index (χ3v) is 5.63. The summed E-state index contributed by atoms with van der Waals surface area (Å²) in [5.41, 5.74) is 0. The summed E-state index contributed by atoms with van der Waals surface area (Å²) in [7, 11) is 3.54. The van der Waals surface area contributed by atoms with E-state index in [0.29, 0.717) is 12.1 Å². The predicted octanol–water partition coefficient (Wildman–Crippen LogP) is 3.11. The van der Waals surface area contributed by atoms with E-state index in [-0.39, 0.29) is 36.4 Å². The van der Waals surface area contributed by atoms with E-state index in [4.69, 9.17) is 4.74 Å². The molecule has 2 fully saturated rings. The fraction of sp³-hybridized carbons (Fsp3) is 0.900. The highest BCUT2D eigenvalue weighted by molar-refractivity contribution is 14.0. The Kier molecular flexibility index (Phi) is 11.6. The lowest BCUT2D eigenvalue weighted by atomic mass is 10.1. The molecule has 27 heavy (non-hydrogen) atoms. The molecule has 1 heterocycles. The van der Waals surface area contributed by atoms with E-state index in [1.54, 1.807) is 19.0 Å². The zero-order valence-corrected chi connectivity index (χ0v) is 19.9. The SMILES string of the molecule is CCC(C)NC(=NCC(=O)N(C)C)N1CCC(OCC2CCCC2)CC1.I. The van der Waals surface area contributed by atoms with E-state index < -0.39 is 0 Å². The number of guanidine groups is 1. The second-order valence-corrected chi connectivity index (χ2v) is 8.05. The molecule has 1 unspecified atom stereocenters. The van der Waals surface area contributed by atoms with Crippen LogP contribution in [-0.2, 0) is 9.53 Å². The maximum atomic E-state index is 11.9. The number of amides is 1. The third kappa shape index (κ3) is 8.54. The number of hydrogen-bond donors (Lipinski definition) is 1. The van der Waals surface area contributed by atoms with Crippen molar-refractivity contribution in [3.63, 3.8) is 0 Å². The number of likely N-dealkylation sites (tertiary alicyclic amines) is 1. The first-order chi connectivity index (χ1) is 12.5. The lowest BCUT2D eigenvalue weighted by molar-refractivity contribution is -0.127. The molecular weight excluding hydrogens is 455 g/mol. The van der Waals surface area contributed by atoms with E-state index in [9.17, 15) is 4.79 Å². The van der Waals surface area contributed by atoms with Crippen molar-refractivity contribution in [3.05, 3.63) is 0 Å². The van der Waals surface area contributed by atoms with E-state index in [1.165, 1.54) is 25.7 Å². The van der Waals surface area contributed by atoms with E-state index >= 15 is 0 Å². The molecule has 0 aromatic rings. The predicted molar refractivity (Wildman–Crippen MR) is 122 cm³/mol. The molecule has 1 amide bonds. The average Bonchev–Trinajstić information content (AvgIpc) is 3.16. The first-order valence-corrected chi connectivity index (χ1v) is 10.4. The molecule has 0 radical (unpaired) electrons. The molecule has 158 valence electrons. The van der Waals surface area contributed by atoms with Gasteiger partial charge < -0.3 is 19.9 Å². The topological polar surface area (TPSA) is 57.2 Å². The number of piperidine rings is 1. The minimum atomic E-state index is 0. The highest BCUT2D eigenvalue weighted by atomic mass is 127. The molecule has 6 nitrogen and oxygen atoms in total. The summed E-state index contributed by atoms with van der Waals surface area (Å²) in [6.45, 7) is 7.32. The molecule has 1 saturated carbocycles. The van der Waals surface area contributed by atoms with Gasteiger partial charge in [0.15, 0.2) is 5.96 Å². The molecule has 0 aromatic carbocycles. The van der Waals surface area contributed by atoms with Gasteiger partial charge in [0.05, 0.1) is 6.10 Å². The van der Waals surface area contributed by atoms with Gasteiger partial charge in [-0.15, -0.1) is 24.0 Å². The van der Waals surface area contributed by atoms with Crippen LogP contribution in [0.1, 0.15) is 58.8 Å². The maximum absolute atomic E-state index is 11.9. The fourth-order valence-electron chi connectivity index (χ4n) is 3.53. The van der Waals surface area contributed by atoms with Gasteiger partial charge >= 0.3 is 0 Å². The Morgan fingerprint density at radius 2 is 1.85 bits per heavy atom. The van der Waals surface area contributed by atoms with Crippen LogP contribution in [0.15, 0.2) is 4.99 Å². The highest BCUT2D eigenvalue weighted by Crippen LogP contribution is 2.26. The summed E-state index contributed by atoms with van der Waals surface area (Å²) < 4.78 is 6.18. The van der Waals surface area contributed by atoms with Crippen LogP contribution in [0.2, 0.25) is 0 Å². The van der Waals surface area contributed by atoms with Gasteiger partial charge in [0, 0.05) is 39.8 Å². The summed E-state index contributed by atoms with van der Waals surface area (Å²) in [4.78, 5) is 20.4. The van der Waals surface area contributed by atoms with Gasteiger partial charge in [-0.2, -0.15) is 0 Å². The normalized spacial score (nSPS) is 20.3. The lowest BCUT2D eigenvalue weighted by Gasteiger charge is -2.35. The number of rotatable bonds is 7. The van der Waals surface area contributed by atoms with Crippen molar-refractivity contribution in [3.8, 4) is 0 Å². The molecule has 1 N–H and O–H groups in total. The molecule has 7 heteroatoms. The van der Waals surface area contributed by atoms with Crippen molar-refractivity contribution in [2.75, 3.05) is 40.3 Å². The quantitative estimate of drug-likeness (QED) is 0.336. The summed E-state index contributed by atoms with van der Waals surface area (Å²) in [5, 5.41) is 3.49. The lowest BCUT2D eigenvalue weighted by Crippen LogP contribution is -2.49. The van der Waals surface area contributed by atoms with Crippen molar-refractivity contribution >= 4 is 35.8 Å². The van der Waals surface area contributed by atoms with Gasteiger partial charge in [-0.05, 0) is 44.9 Å². The highest BCUT2D eigenvalue weighted by Gasteiger charge is 2.24. The second kappa shape index (κ2) is 12.8. The van der Waals surface area contributed by atoms with Gasteiger partial charge in [0.1, 0.15) is 6.54 Å². The molecule has 1 aliphatic carbocycles. The number of aliphatic imine (C=N–C) groups is 1. The van der Waals surface area contributed by atoms with Gasteiger partial charge in [-0.1, -0.05) is 19.8 Å². The van der Waals surface area contributed by atoms with E-state index in [1.807, 2.05) is 0 Å². The molecule has 2 aliphatic rings. The largest absolute Gasteiger partial charge is 0.378 e. The van der Waals surface area contributed by atoms with Crippen LogP contribution in [0.5, 0.6) is 0 Å². The number of carbonyl (C=O) groups excluding carboxylic acids is 1. The first-order valence-electron chi connectivity index (χ1n) is 10.4. The summed E-state index contributed by atoms with van der Waals surface area (Å²) in [6.07, 6.45) is 8.91. The fourth-order valence-corrected chi connectivity index (χ4v) is 3.53. The Morgan fingerprint density at radius 3 is 2.41 bits per heavy atom. The molecule has 1 aliphatic heterocycles. The number of nitrogens with zero attached hydrogens (tertiary/aromatic N) is 3. The Labute approximate surface area is 182 Å². The molecule has 2 rings (SSSR count). The van der Waals surface area contributed by atoms with Crippen LogP contribution in [0, 0.1) is 5.92 Å². The molecule has 1 atom stereocenters. The minimum Gasteiger partial charge on any atom is -0.378 e. The first kappa shape index (κ1) is 24.5. The maximum Gasteiger partial charge on any atom is 0.243 e. The number of hydrogen-bond acceptors (Lipinski definition) is 3. The van der Waals surface area contributed by atoms with Crippen LogP contribution in [0.4, 0.5) is 0 Å². The number of likely N-dealkylation sites (N-methyl/N-ethyl adjacent to an activating group) is 1. The van der Waals surface area contributed by atoms with Crippen molar-refractivity contribution < 1.29 is 9.53 Å². The van der Waals surface area contributed by atoms with Crippen LogP contribution < -0.4 is 5.32 Å². The van der Waals surface area contributed by atoms with Gasteiger partial charge in [0.2, 0.25) is 5.91 Å². The monoisotopic (exact) mass is 494 g/mol. The smallest absolute Gasteiger partial charge is 0.243 e. The van der Waals surface area contributed by atoms with Crippen LogP contribution in [0.25, 0.3) is 0 Å².